The first-order chi connectivity index (χ1) is 9.62. The van der Waals surface area contributed by atoms with Crippen molar-refractivity contribution >= 4 is 10.0 Å². The molecular formula is C12H21N3O4S. The second kappa shape index (κ2) is 7.19. The summed E-state index contributed by atoms with van der Waals surface area (Å²) < 4.78 is 34.8. The Balaban J connectivity index is 1.94. The molecule has 1 saturated heterocycles. The van der Waals surface area contributed by atoms with E-state index in [9.17, 15) is 8.42 Å². The number of ether oxygens (including phenoxy) is 1. The van der Waals surface area contributed by atoms with Gasteiger partial charge in [-0.2, -0.15) is 0 Å². The maximum absolute atomic E-state index is 12.1. The highest BCUT2D eigenvalue weighted by atomic mass is 32.2. The van der Waals surface area contributed by atoms with Gasteiger partial charge in [-0.05, 0) is 25.1 Å². The average molecular weight is 303 g/mol. The van der Waals surface area contributed by atoms with Crippen LogP contribution in [0.1, 0.15) is 19.1 Å². The summed E-state index contributed by atoms with van der Waals surface area (Å²) in [7, 11) is -3.64. The fraction of sp³-hybridized carbons (Fsp3) is 0.667. The van der Waals surface area contributed by atoms with Crippen molar-refractivity contribution in [2.24, 2.45) is 0 Å². The van der Waals surface area contributed by atoms with Gasteiger partial charge in [0.2, 0.25) is 5.09 Å². The number of hydrazine groups is 1. The molecule has 0 saturated carbocycles. The van der Waals surface area contributed by atoms with Crippen LogP contribution in [0.3, 0.4) is 0 Å². The van der Waals surface area contributed by atoms with E-state index in [-0.39, 0.29) is 5.09 Å². The summed E-state index contributed by atoms with van der Waals surface area (Å²) in [4.78, 5) is 2.50. The molecule has 0 radical (unpaired) electrons. The number of nitrogens with zero attached hydrogens (tertiary/aromatic N) is 1. The first-order valence-corrected chi connectivity index (χ1v) is 8.24. The summed E-state index contributed by atoms with van der Waals surface area (Å²) >= 11 is 0. The first-order valence-electron chi connectivity index (χ1n) is 6.76. The largest absolute Gasteiger partial charge is 0.447 e. The van der Waals surface area contributed by atoms with Gasteiger partial charge < -0.3 is 14.5 Å². The molecule has 1 aliphatic heterocycles. The van der Waals surface area contributed by atoms with E-state index >= 15 is 0 Å². The van der Waals surface area contributed by atoms with Crippen molar-refractivity contribution in [1.82, 2.24) is 15.2 Å². The van der Waals surface area contributed by atoms with Crippen molar-refractivity contribution in [1.29, 1.82) is 0 Å². The number of hydrogen-bond donors (Lipinski definition) is 2. The van der Waals surface area contributed by atoms with E-state index in [0.29, 0.717) is 38.6 Å². The lowest BCUT2D eigenvalue weighted by Gasteiger charge is -2.26. The van der Waals surface area contributed by atoms with Crippen LogP contribution in [-0.2, 0) is 21.3 Å². The summed E-state index contributed by atoms with van der Waals surface area (Å²) in [6.45, 7) is 5.57. The summed E-state index contributed by atoms with van der Waals surface area (Å²) in [5.41, 5.74) is 0. The van der Waals surface area contributed by atoms with Crippen molar-refractivity contribution in [3.63, 3.8) is 0 Å². The number of hydrogen-bond acceptors (Lipinski definition) is 6. The Bertz CT molecular complexity index is 509. The highest BCUT2D eigenvalue weighted by molar-refractivity contribution is 7.89. The van der Waals surface area contributed by atoms with E-state index in [1.807, 2.05) is 0 Å². The Morgan fingerprint density at radius 2 is 2.05 bits per heavy atom. The highest BCUT2D eigenvalue weighted by Crippen LogP contribution is 2.14. The summed E-state index contributed by atoms with van der Waals surface area (Å²) in [6.07, 6.45) is 1.02. The molecule has 8 heteroatoms. The lowest BCUT2D eigenvalue weighted by Crippen LogP contribution is -2.48. The van der Waals surface area contributed by atoms with Crippen molar-refractivity contribution in [3.05, 3.63) is 17.9 Å². The second-order valence-electron chi connectivity index (χ2n) is 4.59. The third-order valence-electron chi connectivity index (χ3n) is 2.89. The molecule has 1 aliphatic rings. The number of furan rings is 1. The van der Waals surface area contributed by atoms with Crippen molar-refractivity contribution in [3.8, 4) is 0 Å². The highest BCUT2D eigenvalue weighted by Gasteiger charge is 2.23. The fourth-order valence-corrected chi connectivity index (χ4v) is 2.93. The molecule has 2 N–H and O–H groups in total. The molecular weight excluding hydrogens is 282 g/mol. The second-order valence-corrected chi connectivity index (χ2v) is 6.18. The first kappa shape index (κ1) is 15.5. The van der Waals surface area contributed by atoms with Crippen LogP contribution in [0.4, 0.5) is 0 Å². The van der Waals surface area contributed by atoms with E-state index in [1.54, 1.807) is 11.1 Å². The van der Waals surface area contributed by atoms with Crippen molar-refractivity contribution in [2.45, 2.75) is 25.0 Å². The molecule has 2 heterocycles. The molecule has 2 rings (SSSR count). The molecule has 1 aromatic rings. The molecule has 1 aromatic heterocycles. The molecule has 0 amide bonds. The monoisotopic (exact) mass is 303 g/mol. The van der Waals surface area contributed by atoms with Gasteiger partial charge in [0.25, 0.3) is 10.0 Å². The maximum atomic E-state index is 12.1. The molecule has 0 unspecified atom stereocenters. The molecule has 0 bridgehead atoms. The van der Waals surface area contributed by atoms with Gasteiger partial charge in [0.05, 0.1) is 19.8 Å². The van der Waals surface area contributed by atoms with Crippen molar-refractivity contribution < 1.29 is 17.6 Å². The standard InChI is InChI=1S/C12H21N3O4S/c1-2-5-13-10-11-3-4-12(19-11)20(16,17)14-15-6-8-18-9-7-15/h3-4,13-14H,2,5-10H2,1H3. The molecule has 0 atom stereocenters. The lowest BCUT2D eigenvalue weighted by molar-refractivity contribution is 0.0270. The van der Waals surface area contributed by atoms with E-state index in [2.05, 4.69) is 17.1 Å². The fourth-order valence-electron chi connectivity index (χ4n) is 1.86. The quantitative estimate of drug-likeness (QED) is 0.705. The zero-order valence-corrected chi connectivity index (χ0v) is 12.4. The molecule has 0 spiro atoms. The average Bonchev–Trinajstić information content (AvgIpc) is 2.89. The van der Waals surface area contributed by atoms with E-state index < -0.39 is 10.0 Å². The van der Waals surface area contributed by atoms with Crippen molar-refractivity contribution in [2.75, 3.05) is 32.8 Å². The van der Waals surface area contributed by atoms with Crippen LogP contribution in [0.2, 0.25) is 0 Å². The zero-order chi connectivity index (χ0) is 14.4. The molecule has 1 fully saturated rings. The summed E-state index contributed by atoms with van der Waals surface area (Å²) in [5.74, 6) is 0.612. The topological polar surface area (TPSA) is 83.8 Å². The number of sulfonamides is 1. The summed E-state index contributed by atoms with van der Waals surface area (Å²) in [5, 5.41) is 4.72. The Hall–Kier alpha value is -0.930. The van der Waals surface area contributed by atoms with Crippen LogP contribution < -0.4 is 10.1 Å². The van der Waals surface area contributed by atoms with Crippen LogP contribution >= 0.6 is 0 Å². The Kier molecular flexibility index (Phi) is 5.55. The minimum absolute atomic E-state index is 0.0581. The van der Waals surface area contributed by atoms with Gasteiger partial charge in [0, 0.05) is 13.1 Å². The van der Waals surface area contributed by atoms with E-state index in [4.69, 9.17) is 9.15 Å². The van der Waals surface area contributed by atoms with Gasteiger partial charge in [0.15, 0.2) is 0 Å². The predicted octanol–water partition coefficient (Wildman–Crippen LogP) is 0.305. The van der Waals surface area contributed by atoms with Crippen LogP contribution in [0.25, 0.3) is 0 Å². The van der Waals surface area contributed by atoms with E-state index in [1.165, 1.54) is 6.07 Å². The Morgan fingerprint density at radius 1 is 1.30 bits per heavy atom. The Morgan fingerprint density at radius 3 is 2.75 bits per heavy atom. The van der Waals surface area contributed by atoms with Gasteiger partial charge in [0.1, 0.15) is 5.76 Å². The van der Waals surface area contributed by atoms with Gasteiger partial charge in [-0.15, -0.1) is 4.83 Å². The Labute approximate surface area is 119 Å². The molecule has 0 aliphatic carbocycles. The number of morpholine rings is 1. The third-order valence-corrected chi connectivity index (χ3v) is 4.14. The number of rotatable bonds is 7. The minimum Gasteiger partial charge on any atom is -0.447 e. The molecule has 7 nitrogen and oxygen atoms in total. The molecule has 0 aromatic carbocycles. The van der Waals surface area contributed by atoms with Gasteiger partial charge in [-0.25, -0.2) is 13.4 Å². The SMILES string of the molecule is CCCNCc1ccc(S(=O)(=O)NN2CCOCC2)o1. The van der Waals surface area contributed by atoms with Gasteiger partial charge >= 0.3 is 0 Å². The third kappa shape index (κ3) is 4.29. The van der Waals surface area contributed by atoms with Crippen LogP contribution in [-0.4, -0.2) is 46.3 Å². The zero-order valence-electron chi connectivity index (χ0n) is 11.6. The lowest BCUT2D eigenvalue weighted by atomic mass is 10.4. The number of nitrogens with one attached hydrogen (secondary N) is 2. The predicted molar refractivity (Wildman–Crippen MR) is 73.4 cm³/mol. The summed E-state index contributed by atoms with van der Waals surface area (Å²) in [6, 6.07) is 3.16. The maximum Gasteiger partial charge on any atom is 0.286 e. The smallest absolute Gasteiger partial charge is 0.286 e. The molecule has 114 valence electrons. The van der Waals surface area contributed by atoms with Gasteiger partial charge in [-0.3, -0.25) is 0 Å². The van der Waals surface area contributed by atoms with Crippen LogP contribution in [0.15, 0.2) is 21.6 Å². The molecule has 20 heavy (non-hydrogen) atoms. The van der Waals surface area contributed by atoms with E-state index in [0.717, 1.165) is 13.0 Å². The normalized spacial score (nSPS) is 17.4. The van der Waals surface area contributed by atoms with Gasteiger partial charge in [-0.1, -0.05) is 6.92 Å². The minimum atomic E-state index is -3.64. The van der Waals surface area contributed by atoms with Crippen LogP contribution in [0.5, 0.6) is 0 Å². The van der Waals surface area contributed by atoms with Crippen LogP contribution in [0, 0.1) is 0 Å².